The number of aliphatic hydroxyl groups is 2. The van der Waals surface area contributed by atoms with E-state index in [-0.39, 0.29) is 18.4 Å². The molecule has 6 heteroatoms. The molecule has 1 fully saturated rings. The highest BCUT2D eigenvalue weighted by Crippen LogP contribution is 2.10. The fraction of sp³-hybridized carbons (Fsp3) is 0.778. The predicted octanol–water partition coefficient (Wildman–Crippen LogP) is -2.02. The summed E-state index contributed by atoms with van der Waals surface area (Å²) in [4.78, 5) is 22.7. The molecule has 86 valence electrons. The molecule has 0 saturated carbocycles. The Kier molecular flexibility index (Phi) is 4.51. The molecule has 1 rings (SSSR count). The molecule has 1 heterocycles. The van der Waals surface area contributed by atoms with Crippen molar-refractivity contribution in [2.45, 2.75) is 18.9 Å². The van der Waals surface area contributed by atoms with E-state index < -0.39 is 18.6 Å². The maximum Gasteiger partial charge on any atom is 0.232 e. The van der Waals surface area contributed by atoms with E-state index in [4.69, 9.17) is 10.2 Å². The summed E-state index contributed by atoms with van der Waals surface area (Å²) in [7, 11) is 0. The smallest absolute Gasteiger partial charge is 0.232 e. The summed E-state index contributed by atoms with van der Waals surface area (Å²) < 4.78 is 0. The minimum absolute atomic E-state index is 0.0287. The van der Waals surface area contributed by atoms with E-state index in [0.29, 0.717) is 13.0 Å². The van der Waals surface area contributed by atoms with Gasteiger partial charge >= 0.3 is 0 Å². The third-order valence-corrected chi connectivity index (χ3v) is 2.32. The number of carbonyl (C=O) groups is 2. The number of carbonyl (C=O) groups excluding carboxylic acids is 2. The Labute approximate surface area is 87.7 Å². The van der Waals surface area contributed by atoms with Crippen LogP contribution in [0, 0.1) is 5.92 Å². The molecule has 0 aromatic rings. The molecule has 1 saturated heterocycles. The van der Waals surface area contributed by atoms with Gasteiger partial charge < -0.3 is 20.8 Å². The Hall–Kier alpha value is -1.14. The summed E-state index contributed by atoms with van der Waals surface area (Å²) in [5.41, 5.74) is 0. The van der Waals surface area contributed by atoms with Crippen LogP contribution in [0.5, 0.6) is 0 Å². The van der Waals surface area contributed by atoms with Crippen molar-refractivity contribution in [2.75, 3.05) is 19.7 Å². The lowest BCUT2D eigenvalue weighted by molar-refractivity contribution is -0.137. The van der Waals surface area contributed by atoms with Crippen molar-refractivity contribution < 1.29 is 19.8 Å². The quantitative estimate of drug-likeness (QED) is 0.408. The Morgan fingerprint density at radius 1 is 1.67 bits per heavy atom. The van der Waals surface area contributed by atoms with Gasteiger partial charge in [-0.3, -0.25) is 9.59 Å². The number of rotatable bonds is 4. The van der Waals surface area contributed by atoms with Crippen molar-refractivity contribution in [3.63, 3.8) is 0 Å². The van der Waals surface area contributed by atoms with Gasteiger partial charge in [0.1, 0.15) is 5.92 Å². The number of aliphatic hydroxyl groups excluding tert-OH is 2. The molecular formula is C9H16N2O4. The Morgan fingerprint density at radius 3 is 3.00 bits per heavy atom. The molecule has 15 heavy (non-hydrogen) atoms. The third kappa shape index (κ3) is 3.49. The van der Waals surface area contributed by atoms with E-state index in [9.17, 15) is 9.59 Å². The average molecular weight is 216 g/mol. The van der Waals surface area contributed by atoms with Gasteiger partial charge in [-0.25, -0.2) is 0 Å². The minimum atomic E-state index is -0.972. The maximum atomic E-state index is 11.5. The van der Waals surface area contributed by atoms with Crippen LogP contribution in [0.1, 0.15) is 12.8 Å². The molecule has 0 unspecified atom stereocenters. The first kappa shape index (κ1) is 11.9. The highest BCUT2D eigenvalue weighted by atomic mass is 16.3. The summed E-state index contributed by atoms with van der Waals surface area (Å²) in [6.45, 7) is 0.179. The summed E-state index contributed by atoms with van der Waals surface area (Å²) in [6.07, 6.45) is 0.347. The van der Waals surface area contributed by atoms with Gasteiger partial charge in [0.05, 0.1) is 12.7 Å². The fourth-order valence-electron chi connectivity index (χ4n) is 1.43. The number of hydrogen-bond acceptors (Lipinski definition) is 4. The van der Waals surface area contributed by atoms with Gasteiger partial charge in [0.25, 0.3) is 0 Å². The molecule has 2 amide bonds. The standard InChI is InChI=1S/C9H16N2O4/c12-5-6(13)4-11-9(15)7-2-1-3-10-8(7)14/h6-7,12-13H,1-5H2,(H,10,14)(H,11,15)/t6-,7-/m1/s1. The normalized spacial score (nSPS) is 23.1. The number of nitrogens with one attached hydrogen (secondary N) is 2. The zero-order chi connectivity index (χ0) is 11.3. The van der Waals surface area contributed by atoms with Crippen molar-refractivity contribution in [3.8, 4) is 0 Å². The molecular weight excluding hydrogens is 200 g/mol. The van der Waals surface area contributed by atoms with E-state index >= 15 is 0 Å². The van der Waals surface area contributed by atoms with Gasteiger partial charge in [-0.15, -0.1) is 0 Å². The van der Waals surface area contributed by atoms with Crippen LogP contribution >= 0.6 is 0 Å². The highest BCUT2D eigenvalue weighted by molar-refractivity contribution is 6.00. The predicted molar refractivity (Wildman–Crippen MR) is 51.8 cm³/mol. The summed E-state index contributed by atoms with van der Waals surface area (Å²) in [6, 6.07) is 0. The van der Waals surface area contributed by atoms with Crippen LogP contribution in [0.2, 0.25) is 0 Å². The zero-order valence-corrected chi connectivity index (χ0v) is 8.40. The third-order valence-electron chi connectivity index (χ3n) is 2.32. The van der Waals surface area contributed by atoms with E-state index in [0.717, 1.165) is 6.42 Å². The number of amides is 2. The molecule has 4 N–H and O–H groups in total. The summed E-state index contributed by atoms with van der Waals surface area (Å²) in [5.74, 6) is -1.32. The SMILES string of the molecule is O=C1NCCC[C@H]1C(=O)NC[C@@H](O)CO. The van der Waals surface area contributed by atoms with Crippen LogP contribution in [-0.4, -0.2) is 47.8 Å². The van der Waals surface area contributed by atoms with Crippen molar-refractivity contribution in [3.05, 3.63) is 0 Å². The monoisotopic (exact) mass is 216 g/mol. The first-order valence-electron chi connectivity index (χ1n) is 4.99. The van der Waals surface area contributed by atoms with Gasteiger partial charge in [-0.2, -0.15) is 0 Å². The second-order valence-electron chi connectivity index (χ2n) is 3.57. The zero-order valence-electron chi connectivity index (χ0n) is 8.40. The molecule has 0 aliphatic carbocycles. The van der Waals surface area contributed by atoms with E-state index in [2.05, 4.69) is 10.6 Å². The van der Waals surface area contributed by atoms with Gasteiger partial charge in [-0.1, -0.05) is 0 Å². The summed E-state index contributed by atoms with van der Waals surface area (Å²) >= 11 is 0. The lowest BCUT2D eigenvalue weighted by Crippen LogP contribution is -2.46. The fourth-order valence-corrected chi connectivity index (χ4v) is 1.43. The van der Waals surface area contributed by atoms with Crippen LogP contribution in [-0.2, 0) is 9.59 Å². The number of piperidine rings is 1. The molecule has 0 bridgehead atoms. The average Bonchev–Trinajstić information content (AvgIpc) is 2.26. The Balaban J connectivity index is 2.35. The second-order valence-corrected chi connectivity index (χ2v) is 3.57. The van der Waals surface area contributed by atoms with Crippen molar-refractivity contribution >= 4 is 11.8 Å². The maximum absolute atomic E-state index is 11.5. The largest absolute Gasteiger partial charge is 0.394 e. The summed E-state index contributed by atoms with van der Waals surface area (Å²) in [5, 5.41) is 22.6. The topological polar surface area (TPSA) is 98.7 Å². The van der Waals surface area contributed by atoms with Crippen LogP contribution in [0.3, 0.4) is 0 Å². The molecule has 0 aromatic carbocycles. The molecule has 2 atom stereocenters. The highest BCUT2D eigenvalue weighted by Gasteiger charge is 2.28. The Bertz CT molecular complexity index is 244. The van der Waals surface area contributed by atoms with Crippen molar-refractivity contribution in [1.29, 1.82) is 0 Å². The molecule has 1 aliphatic heterocycles. The van der Waals surface area contributed by atoms with Crippen LogP contribution < -0.4 is 10.6 Å². The molecule has 0 spiro atoms. The second kappa shape index (κ2) is 5.67. The lowest BCUT2D eigenvalue weighted by Gasteiger charge is -2.21. The van der Waals surface area contributed by atoms with Crippen LogP contribution in [0.4, 0.5) is 0 Å². The number of hydrogen-bond donors (Lipinski definition) is 4. The van der Waals surface area contributed by atoms with E-state index in [1.165, 1.54) is 0 Å². The molecule has 0 radical (unpaired) electrons. The van der Waals surface area contributed by atoms with Crippen molar-refractivity contribution in [1.82, 2.24) is 10.6 Å². The van der Waals surface area contributed by atoms with Crippen molar-refractivity contribution in [2.24, 2.45) is 5.92 Å². The molecule has 1 aliphatic rings. The van der Waals surface area contributed by atoms with E-state index in [1.54, 1.807) is 0 Å². The molecule has 0 aromatic heterocycles. The van der Waals surface area contributed by atoms with Gasteiger partial charge in [0.15, 0.2) is 0 Å². The first-order valence-corrected chi connectivity index (χ1v) is 4.99. The minimum Gasteiger partial charge on any atom is -0.394 e. The van der Waals surface area contributed by atoms with Gasteiger partial charge in [0, 0.05) is 13.1 Å². The lowest BCUT2D eigenvalue weighted by atomic mass is 9.98. The van der Waals surface area contributed by atoms with Crippen LogP contribution in [0.25, 0.3) is 0 Å². The van der Waals surface area contributed by atoms with Crippen LogP contribution in [0.15, 0.2) is 0 Å². The first-order chi connectivity index (χ1) is 7.15. The Morgan fingerprint density at radius 2 is 2.40 bits per heavy atom. The van der Waals surface area contributed by atoms with Gasteiger partial charge in [0.2, 0.25) is 11.8 Å². The molecule has 6 nitrogen and oxygen atoms in total. The van der Waals surface area contributed by atoms with Gasteiger partial charge in [-0.05, 0) is 12.8 Å². The van der Waals surface area contributed by atoms with E-state index in [1.807, 2.05) is 0 Å².